The van der Waals surface area contributed by atoms with Crippen molar-refractivity contribution in [3.8, 4) is 0 Å². The normalized spacial score (nSPS) is 22.9. The van der Waals surface area contributed by atoms with Crippen LogP contribution >= 0.6 is 0 Å². The van der Waals surface area contributed by atoms with Gasteiger partial charge in [-0.05, 0) is 37.8 Å². The highest BCUT2D eigenvalue weighted by atomic mass is 32.2. The van der Waals surface area contributed by atoms with Gasteiger partial charge in [0.2, 0.25) is 5.91 Å². The summed E-state index contributed by atoms with van der Waals surface area (Å²) in [7, 11) is -3.56. The number of sulfonamides is 1. The maximum absolute atomic E-state index is 12.3. The summed E-state index contributed by atoms with van der Waals surface area (Å²) in [6.45, 7) is 3.29. The van der Waals surface area contributed by atoms with Crippen molar-refractivity contribution in [2.24, 2.45) is 16.6 Å². The number of nitrogens with zero attached hydrogens (tertiary/aromatic N) is 2. The summed E-state index contributed by atoms with van der Waals surface area (Å²) in [6.07, 6.45) is 1.80. The molecule has 7 nitrogen and oxygen atoms in total. The van der Waals surface area contributed by atoms with Crippen molar-refractivity contribution >= 4 is 21.8 Å². The van der Waals surface area contributed by atoms with E-state index in [0.717, 1.165) is 12.8 Å². The molecule has 0 bridgehead atoms. The molecule has 2 aliphatic rings. The third-order valence-electron chi connectivity index (χ3n) is 4.67. The number of hydrogen-bond donors (Lipinski definition) is 2. The summed E-state index contributed by atoms with van der Waals surface area (Å²) in [5.74, 6) is 0.604. The number of amidine groups is 1. The molecular weight excluding hydrogens is 328 g/mol. The molecule has 0 aromatic heterocycles. The Kier molecular flexibility index (Phi) is 4.60. The van der Waals surface area contributed by atoms with Gasteiger partial charge in [0.05, 0.1) is 4.90 Å². The molecule has 2 aliphatic heterocycles. The molecule has 0 aliphatic carbocycles. The zero-order chi connectivity index (χ0) is 17.3. The molecule has 2 heterocycles. The van der Waals surface area contributed by atoms with Crippen LogP contribution < -0.4 is 10.5 Å². The number of benzene rings is 1. The first-order valence-corrected chi connectivity index (χ1v) is 9.57. The van der Waals surface area contributed by atoms with E-state index >= 15 is 0 Å². The second kappa shape index (κ2) is 6.52. The van der Waals surface area contributed by atoms with E-state index in [-0.39, 0.29) is 29.2 Å². The summed E-state index contributed by atoms with van der Waals surface area (Å²) in [6, 6.07) is 6.77. The minimum atomic E-state index is -3.56. The molecule has 1 fully saturated rings. The number of likely N-dealkylation sites (tertiary alicyclic amines) is 1. The van der Waals surface area contributed by atoms with Gasteiger partial charge in [-0.2, -0.15) is 0 Å². The van der Waals surface area contributed by atoms with Gasteiger partial charge in [0, 0.05) is 24.7 Å². The highest BCUT2D eigenvalue weighted by Gasteiger charge is 2.30. The van der Waals surface area contributed by atoms with Crippen LogP contribution in [0, 0.1) is 5.92 Å². The van der Waals surface area contributed by atoms with Crippen LogP contribution in [0.15, 0.2) is 34.2 Å². The number of carbonyl (C=O) groups excluding carboxylic acids is 1. The van der Waals surface area contributed by atoms with E-state index in [1.54, 1.807) is 23.1 Å². The van der Waals surface area contributed by atoms with Crippen LogP contribution in [-0.2, 0) is 14.8 Å². The lowest BCUT2D eigenvalue weighted by molar-refractivity contribution is -0.131. The van der Waals surface area contributed by atoms with Gasteiger partial charge in [-0.1, -0.05) is 12.1 Å². The molecule has 0 saturated carbocycles. The summed E-state index contributed by atoms with van der Waals surface area (Å²) in [5.41, 5.74) is 6.43. The summed E-state index contributed by atoms with van der Waals surface area (Å²) in [4.78, 5) is 18.5. The molecule has 130 valence electrons. The van der Waals surface area contributed by atoms with Crippen molar-refractivity contribution < 1.29 is 13.2 Å². The fraction of sp³-hybridized carbons (Fsp3) is 0.500. The fourth-order valence-electron chi connectivity index (χ4n) is 3.17. The summed E-state index contributed by atoms with van der Waals surface area (Å²) >= 11 is 0. The highest BCUT2D eigenvalue weighted by Crippen LogP contribution is 2.22. The summed E-state index contributed by atoms with van der Waals surface area (Å²) in [5, 5.41) is 0. The van der Waals surface area contributed by atoms with E-state index in [4.69, 9.17) is 5.73 Å². The fourth-order valence-corrected chi connectivity index (χ4v) is 4.42. The second-order valence-corrected chi connectivity index (χ2v) is 7.99. The quantitative estimate of drug-likeness (QED) is 0.818. The number of amides is 1. The number of fused-ring (bicyclic) bond motifs is 1. The number of nitrogens with two attached hydrogens (primary N) is 1. The largest absolute Gasteiger partial charge is 0.341 e. The van der Waals surface area contributed by atoms with Crippen molar-refractivity contribution in [3.63, 3.8) is 0 Å². The molecular formula is C16H22N4O3S. The first-order valence-electron chi connectivity index (χ1n) is 8.08. The van der Waals surface area contributed by atoms with Gasteiger partial charge in [-0.15, -0.1) is 0 Å². The molecule has 3 N–H and O–H groups in total. The lowest BCUT2D eigenvalue weighted by atomic mass is 9.91. The Labute approximate surface area is 142 Å². The van der Waals surface area contributed by atoms with E-state index in [1.807, 2.05) is 6.92 Å². The molecule has 1 aromatic rings. The molecule has 1 unspecified atom stereocenters. The van der Waals surface area contributed by atoms with Gasteiger partial charge in [-0.3, -0.25) is 14.5 Å². The Morgan fingerprint density at radius 1 is 1.38 bits per heavy atom. The van der Waals surface area contributed by atoms with Gasteiger partial charge in [0.1, 0.15) is 12.4 Å². The molecule has 8 heteroatoms. The van der Waals surface area contributed by atoms with E-state index in [9.17, 15) is 13.2 Å². The van der Waals surface area contributed by atoms with E-state index in [1.165, 1.54) is 6.07 Å². The molecule has 0 radical (unpaired) electrons. The predicted octanol–water partition coefficient (Wildman–Crippen LogP) is 0.311. The van der Waals surface area contributed by atoms with E-state index in [0.29, 0.717) is 24.6 Å². The average molecular weight is 350 g/mol. The average Bonchev–Trinajstić information content (AvgIpc) is 2.84. The Bertz CT molecular complexity index is 765. The number of aliphatic imine (C=N–C) groups is 1. The van der Waals surface area contributed by atoms with E-state index in [2.05, 4.69) is 9.71 Å². The minimum Gasteiger partial charge on any atom is -0.341 e. The highest BCUT2D eigenvalue weighted by molar-refractivity contribution is 7.90. The Hall–Kier alpha value is -1.93. The maximum atomic E-state index is 12.3. The van der Waals surface area contributed by atoms with Crippen molar-refractivity contribution in [3.05, 3.63) is 29.8 Å². The SMILES string of the molecule is CC(N)C1CCN(C(=O)CN=C2NS(=O)(=O)c3ccccc32)CC1. The number of carbonyl (C=O) groups is 1. The van der Waals surface area contributed by atoms with Crippen molar-refractivity contribution in [1.29, 1.82) is 0 Å². The smallest absolute Gasteiger partial charge is 0.263 e. The van der Waals surface area contributed by atoms with Crippen LogP contribution in [0.5, 0.6) is 0 Å². The Morgan fingerprint density at radius 2 is 2.04 bits per heavy atom. The third kappa shape index (κ3) is 3.29. The number of piperidine rings is 1. The monoisotopic (exact) mass is 350 g/mol. The van der Waals surface area contributed by atoms with Gasteiger partial charge < -0.3 is 10.6 Å². The van der Waals surface area contributed by atoms with Crippen molar-refractivity contribution in [1.82, 2.24) is 9.62 Å². The van der Waals surface area contributed by atoms with Gasteiger partial charge >= 0.3 is 0 Å². The molecule has 1 aromatic carbocycles. The number of hydrogen-bond acceptors (Lipinski definition) is 5. The lowest BCUT2D eigenvalue weighted by Gasteiger charge is -2.33. The van der Waals surface area contributed by atoms with Crippen molar-refractivity contribution in [2.45, 2.75) is 30.7 Å². The first-order chi connectivity index (χ1) is 11.4. The molecule has 1 atom stereocenters. The Morgan fingerprint density at radius 3 is 2.71 bits per heavy atom. The zero-order valence-electron chi connectivity index (χ0n) is 13.6. The van der Waals surface area contributed by atoms with Crippen LogP contribution in [0.3, 0.4) is 0 Å². The van der Waals surface area contributed by atoms with Gasteiger partial charge in [0.25, 0.3) is 10.0 Å². The lowest BCUT2D eigenvalue weighted by Crippen LogP contribution is -2.43. The van der Waals surface area contributed by atoms with Crippen LogP contribution in [-0.4, -0.2) is 50.7 Å². The number of rotatable bonds is 3. The third-order valence-corrected chi connectivity index (χ3v) is 6.07. The Balaban J connectivity index is 1.66. The predicted molar refractivity (Wildman–Crippen MR) is 91.1 cm³/mol. The number of nitrogens with one attached hydrogen (secondary N) is 1. The topological polar surface area (TPSA) is 105 Å². The molecule has 0 spiro atoms. The minimum absolute atomic E-state index is 0.0605. The van der Waals surface area contributed by atoms with E-state index < -0.39 is 10.0 Å². The molecule has 1 amide bonds. The maximum Gasteiger partial charge on any atom is 0.263 e. The zero-order valence-corrected chi connectivity index (χ0v) is 14.4. The van der Waals surface area contributed by atoms with Crippen LogP contribution in [0.2, 0.25) is 0 Å². The van der Waals surface area contributed by atoms with Crippen LogP contribution in [0.1, 0.15) is 25.3 Å². The van der Waals surface area contributed by atoms with Gasteiger partial charge in [0.15, 0.2) is 0 Å². The molecule has 3 rings (SSSR count). The molecule has 24 heavy (non-hydrogen) atoms. The van der Waals surface area contributed by atoms with Gasteiger partial charge in [-0.25, -0.2) is 8.42 Å². The summed E-state index contributed by atoms with van der Waals surface area (Å²) < 4.78 is 26.4. The van der Waals surface area contributed by atoms with Crippen LogP contribution in [0.4, 0.5) is 0 Å². The van der Waals surface area contributed by atoms with Crippen molar-refractivity contribution in [2.75, 3.05) is 19.6 Å². The molecule has 1 saturated heterocycles. The first kappa shape index (κ1) is 16.9. The second-order valence-electron chi connectivity index (χ2n) is 6.34. The standard InChI is InChI=1S/C16H22N4O3S/c1-11(17)12-6-8-20(9-7-12)15(21)10-18-16-13-4-2-3-5-14(13)24(22,23)19-16/h2-5,11-12H,6-10,17H2,1H3,(H,18,19). The van der Waals surface area contributed by atoms with Crippen LogP contribution in [0.25, 0.3) is 0 Å².